The number of hydrogen-bond donors (Lipinski definition) is 2. The molecular weight excluding hydrogens is 200 g/mol. The zero-order chi connectivity index (χ0) is 11.4. The van der Waals surface area contributed by atoms with Crippen LogP contribution in [0.3, 0.4) is 0 Å². The van der Waals surface area contributed by atoms with E-state index >= 15 is 0 Å². The maximum atomic E-state index is 10.8. The van der Waals surface area contributed by atoms with E-state index in [0.717, 1.165) is 0 Å². The fourth-order valence-corrected chi connectivity index (χ4v) is 2.00. The van der Waals surface area contributed by atoms with Crippen LogP contribution in [-0.2, 0) is 14.4 Å². The second-order valence-corrected chi connectivity index (χ2v) is 3.82. The van der Waals surface area contributed by atoms with E-state index in [1.54, 1.807) is 5.94 Å². The van der Waals surface area contributed by atoms with Gasteiger partial charge in [-0.15, -0.1) is 0 Å². The molecule has 0 spiro atoms. The van der Waals surface area contributed by atoms with Gasteiger partial charge >= 0.3 is 11.9 Å². The van der Waals surface area contributed by atoms with E-state index in [2.05, 4.69) is 0 Å². The SMILES string of the molecule is O=C=CC1CC(C(=O)O)CC(C(=O)O)C1. The summed E-state index contributed by atoms with van der Waals surface area (Å²) in [6, 6.07) is 0. The quantitative estimate of drug-likeness (QED) is 0.667. The van der Waals surface area contributed by atoms with Gasteiger partial charge in [-0.1, -0.05) is 0 Å². The van der Waals surface area contributed by atoms with Crippen molar-refractivity contribution >= 4 is 17.9 Å². The summed E-state index contributed by atoms with van der Waals surface area (Å²) in [5, 5.41) is 17.6. The fraction of sp³-hybridized carbons (Fsp3) is 0.600. The lowest BCUT2D eigenvalue weighted by Crippen LogP contribution is -2.31. The first kappa shape index (κ1) is 11.5. The molecule has 2 N–H and O–H groups in total. The summed E-state index contributed by atoms with van der Waals surface area (Å²) in [6.45, 7) is 0. The summed E-state index contributed by atoms with van der Waals surface area (Å²) in [7, 11) is 0. The Morgan fingerprint density at radius 1 is 1.07 bits per heavy atom. The first-order valence-electron chi connectivity index (χ1n) is 4.71. The predicted octanol–water partition coefficient (Wildman–Crippen LogP) is 0.576. The van der Waals surface area contributed by atoms with Crippen molar-refractivity contribution in [1.82, 2.24) is 0 Å². The molecule has 5 nitrogen and oxygen atoms in total. The fourth-order valence-electron chi connectivity index (χ4n) is 2.00. The molecule has 0 radical (unpaired) electrons. The lowest BCUT2D eigenvalue weighted by Gasteiger charge is -2.28. The maximum Gasteiger partial charge on any atom is 0.306 e. The molecule has 0 saturated heterocycles. The van der Waals surface area contributed by atoms with Crippen molar-refractivity contribution in [3.63, 3.8) is 0 Å². The van der Waals surface area contributed by atoms with Crippen LogP contribution in [0.25, 0.3) is 0 Å². The minimum Gasteiger partial charge on any atom is -0.481 e. The molecule has 0 amide bonds. The van der Waals surface area contributed by atoms with Crippen LogP contribution in [0.15, 0.2) is 6.08 Å². The Balaban J connectivity index is 2.76. The third kappa shape index (κ3) is 2.92. The Morgan fingerprint density at radius 3 is 1.87 bits per heavy atom. The van der Waals surface area contributed by atoms with Crippen molar-refractivity contribution < 1.29 is 24.6 Å². The Bertz CT molecular complexity index is 279. The number of rotatable bonds is 3. The molecule has 82 valence electrons. The number of carboxylic acids is 2. The normalized spacial score (nSPS) is 30.3. The van der Waals surface area contributed by atoms with E-state index in [1.165, 1.54) is 6.08 Å². The summed E-state index contributed by atoms with van der Waals surface area (Å²) in [5.41, 5.74) is 0. The lowest BCUT2D eigenvalue weighted by atomic mass is 9.75. The van der Waals surface area contributed by atoms with E-state index in [-0.39, 0.29) is 12.3 Å². The summed E-state index contributed by atoms with van der Waals surface area (Å²) >= 11 is 0. The number of carboxylic acid groups (broad SMARTS) is 2. The van der Waals surface area contributed by atoms with Crippen molar-refractivity contribution in [3.05, 3.63) is 6.08 Å². The number of carbonyl (C=O) groups excluding carboxylic acids is 1. The summed E-state index contributed by atoms with van der Waals surface area (Å²) in [4.78, 5) is 31.7. The number of aliphatic carboxylic acids is 2. The lowest BCUT2D eigenvalue weighted by molar-refractivity contribution is -0.148. The minimum absolute atomic E-state index is 0.147. The van der Waals surface area contributed by atoms with Gasteiger partial charge in [0, 0.05) is 6.08 Å². The molecule has 5 heteroatoms. The second kappa shape index (κ2) is 4.75. The number of carbonyl (C=O) groups is 2. The molecule has 1 fully saturated rings. The second-order valence-electron chi connectivity index (χ2n) is 3.82. The first-order valence-corrected chi connectivity index (χ1v) is 4.71. The van der Waals surface area contributed by atoms with Crippen LogP contribution < -0.4 is 0 Å². The molecule has 2 unspecified atom stereocenters. The van der Waals surface area contributed by atoms with Gasteiger partial charge in [-0.25, -0.2) is 4.79 Å². The van der Waals surface area contributed by atoms with Gasteiger partial charge in [-0.3, -0.25) is 9.59 Å². The molecule has 0 bridgehead atoms. The summed E-state index contributed by atoms with van der Waals surface area (Å²) < 4.78 is 0. The highest BCUT2D eigenvalue weighted by Crippen LogP contribution is 2.34. The van der Waals surface area contributed by atoms with Gasteiger partial charge in [0.25, 0.3) is 0 Å². The van der Waals surface area contributed by atoms with Crippen molar-refractivity contribution in [1.29, 1.82) is 0 Å². The van der Waals surface area contributed by atoms with Gasteiger partial charge in [-0.05, 0) is 25.2 Å². The Hall–Kier alpha value is -1.61. The largest absolute Gasteiger partial charge is 0.481 e. The van der Waals surface area contributed by atoms with Crippen LogP contribution in [0.4, 0.5) is 0 Å². The number of allylic oxidation sites excluding steroid dienone is 1. The first-order chi connectivity index (χ1) is 7.04. The van der Waals surface area contributed by atoms with Crippen LogP contribution in [0, 0.1) is 17.8 Å². The highest BCUT2D eigenvalue weighted by atomic mass is 16.4. The third-order valence-corrected chi connectivity index (χ3v) is 2.75. The molecule has 0 aromatic carbocycles. The Morgan fingerprint density at radius 2 is 1.53 bits per heavy atom. The van der Waals surface area contributed by atoms with Gasteiger partial charge in [0.2, 0.25) is 0 Å². The highest BCUT2D eigenvalue weighted by molar-refractivity contribution is 5.74. The summed E-state index contributed by atoms with van der Waals surface area (Å²) in [5.74, 6) is -2.02. The summed E-state index contributed by atoms with van der Waals surface area (Å²) in [6.07, 6.45) is 2.03. The molecule has 1 aliphatic carbocycles. The Kier molecular flexibility index (Phi) is 3.63. The third-order valence-electron chi connectivity index (χ3n) is 2.75. The van der Waals surface area contributed by atoms with Gasteiger partial charge < -0.3 is 10.2 Å². The van der Waals surface area contributed by atoms with Crippen LogP contribution in [0.1, 0.15) is 19.3 Å². The molecule has 0 aromatic rings. The van der Waals surface area contributed by atoms with Crippen molar-refractivity contribution in [2.75, 3.05) is 0 Å². The standard InChI is InChI=1S/C10H12O5/c11-2-1-6-3-7(9(12)13)5-8(4-6)10(14)15/h1,6-8H,3-5H2,(H,12,13)(H,14,15). The Labute approximate surface area is 86.4 Å². The molecule has 0 heterocycles. The van der Waals surface area contributed by atoms with Gasteiger partial charge in [0.1, 0.15) is 5.94 Å². The van der Waals surface area contributed by atoms with Gasteiger partial charge in [0.15, 0.2) is 0 Å². The molecule has 0 aliphatic heterocycles. The predicted molar refractivity (Wildman–Crippen MR) is 49.9 cm³/mol. The van der Waals surface area contributed by atoms with E-state index in [1.807, 2.05) is 0 Å². The average molecular weight is 212 g/mol. The van der Waals surface area contributed by atoms with E-state index in [0.29, 0.717) is 12.8 Å². The van der Waals surface area contributed by atoms with E-state index in [4.69, 9.17) is 10.2 Å². The minimum atomic E-state index is -0.995. The van der Waals surface area contributed by atoms with Crippen molar-refractivity contribution in [3.8, 4) is 0 Å². The average Bonchev–Trinajstić information content (AvgIpc) is 2.17. The molecule has 1 saturated carbocycles. The topological polar surface area (TPSA) is 91.7 Å². The zero-order valence-corrected chi connectivity index (χ0v) is 8.05. The van der Waals surface area contributed by atoms with Crippen LogP contribution in [-0.4, -0.2) is 28.1 Å². The van der Waals surface area contributed by atoms with Crippen LogP contribution in [0.2, 0.25) is 0 Å². The van der Waals surface area contributed by atoms with Crippen LogP contribution >= 0.6 is 0 Å². The molecule has 2 atom stereocenters. The van der Waals surface area contributed by atoms with E-state index < -0.39 is 23.8 Å². The van der Waals surface area contributed by atoms with Crippen molar-refractivity contribution in [2.45, 2.75) is 19.3 Å². The maximum absolute atomic E-state index is 10.8. The smallest absolute Gasteiger partial charge is 0.306 e. The number of hydrogen-bond acceptors (Lipinski definition) is 3. The van der Waals surface area contributed by atoms with Gasteiger partial charge in [0.05, 0.1) is 11.8 Å². The highest BCUT2D eigenvalue weighted by Gasteiger charge is 2.35. The molecular formula is C10H12O5. The van der Waals surface area contributed by atoms with Crippen LogP contribution in [0.5, 0.6) is 0 Å². The molecule has 1 aliphatic rings. The molecule has 15 heavy (non-hydrogen) atoms. The zero-order valence-electron chi connectivity index (χ0n) is 8.05. The van der Waals surface area contributed by atoms with E-state index in [9.17, 15) is 14.4 Å². The van der Waals surface area contributed by atoms with Crippen molar-refractivity contribution in [2.24, 2.45) is 17.8 Å². The monoisotopic (exact) mass is 212 g/mol. The molecule has 0 aromatic heterocycles. The van der Waals surface area contributed by atoms with Gasteiger partial charge in [-0.2, -0.15) is 0 Å². The molecule has 1 rings (SSSR count).